The average Bonchev–Trinajstić information content (AvgIpc) is 2.86. The molecular formula is C13H22N4. The zero-order valence-corrected chi connectivity index (χ0v) is 10.7. The number of rotatable bonds is 3. The molecule has 2 saturated carbocycles. The van der Waals surface area contributed by atoms with E-state index < -0.39 is 0 Å². The van der Waals surface area contributed by atoms with Crippen LogP contribution in [0.2, 0.25) is 0 Å². The van der Waals surface area contributed by atoms with Crippen LogP contribution in [0.1, 0.15) is 62.6 Å². The van der Waals surface area contributed by atoms with Gasteiger partial charge in [0.15, 0.2) is 0 Å². The van der Waals surface area contributed by atoms with Crippen LogP contribution in [0.5, 0.6) is 0 Å². The third-order valence-corrected chi connectivity index (χ3v) is 4.49. The van der Waals surface area contributed by atoms with Crippen LogP contribution < -0.4 is 5.73 Å². The standard InChI is InChI=1S/C13H22N4/c1-10-15-16-12(9-13(14)7-4-8-13)17(10)11-5-2-3-6-11/h11H,2-9,14H2,1H3. The summed E-state index contributed by atoms with van der Waals surface area (Å²) >= 11 is 0. The zero-order valence-electron chi connectivity index (χ0n) is 10.7. The largest absolute Gasteiger partial charge is 0.325 e. The molecule has 0 unspecified atom stereocenters. The summed E-state index contributed by atoms with van der Waals surface area (Å²) in [5.74, 6) is 2.19. The Labute approximate surface area is 103 Å². The SMILES string of the molecule is Cc1nnc(CC2(N)CCC2)n1C1CCCC1. The van der Waals surface area contributed by atoms with Gasteiger partial charge in [-0.15, -0.1) is 10.2 Å². The van der Waals surface area contributed by atoms with Crippen molar-refractivity contribution in [1.29, 1.82) is 0 Å². The Balaban J connectivity index is 1.83. The molecule has 0 aromatic carbocycles. The lowest BCUT2D eigenvalue weighted by Crippen LogP contribution is -2.49. The van der Waals surface area contributed by atoms with Crippen molar-refractivity contribution in [2.75, 3.05) is 0 Å². The number of nitrogens with zero attached hydrogens (tertiary/aromatic N) is 3. The molecule has 0 atom stereocenters. The molecule has 94 valence electrons. The molecule has 4 heteroatoms. The van der Waals surface area contributed by atoms with Gasteiger partial charge in [-0.3, -0.25) is 0 Å². The van der Waals surface area contributed by atoms with Crippen LogP contribution in [0.15, 0.2) is 0 Å². The molecule has 0 bridgehead atoms. The molecule has 2 N–H and O–H groups in total. The minimum absolute atomic E-state index is 0.00975. The van der Waals surface area contributed by atoms with E-state index in [4.69, 9.17) is 5.73 Å². The molecule has 1 aromatic heterocycles. The summed E-state index contributed by atoms with van der Waals surface area (Å²) in [6.07, 6.45) is 9.71. The van der Waals surface area contributed by atoms with E-state index in [9.17, 15) is 0 Å². The molecule has 4 nitrogen and oxygen atoms in total. The van der Waals surface area contributed by atoms with Crippen molar-refractivity contribution in [2.45, 2.75) is 69.9 Å². The van der Waals surface area contributed by atoms with Gasteiger partial charge in [0, 0.05) is 18.0 Å². The number of aryl methyl sites for hydroxylation is 1. The molecule has 0 aliphatic heterocycles. The number of aromatic nitrogens is 3. The lowest BCUT2D eigenvalue weighted by atomic mass is 9.75. The molecular weight excluding hydrogens is 212 g/mol. The predicted octanol–water partition coefficient (Wildman–Crippen LogP) is 2.13. The smallest absolute Gasteiger partial charge is 0.135 e. The van der Waals surface area contributed by atoms with Crippen LogP contribution in [0, 0.1) is 6.92 Å². The van der Waals surface area contributed by atoms with E-state index in [2.05, 4.69) is 21.7 Å². The second-order valence-electron chi connectivity index (χ2n) is 5.86. The highest BCUT2D eigenvalue weighted by molar-refractivity contribution is 5.06. The molecule has 1 heterocycles. The van der Waals surface area contributed by atoms with E-state index in [0.29, 0.717) is 6.04 Å². The highest BCUT2D eigenvalue weighted by Gasteiger charge is 2.35. The fraction of sp³-hybridized carbons (Fsp3) is 0.846. The monoisotopic (exact) mass is 234 g/mol. The lowest BCUT2D eigenvalue weighted by molar-refractivity contribution is 0.239. The van der Waals surface area contributed by atoms with Crippen LogP contribution in [0.3, 0.4) is 0 Å². The number of hydrogen-bond donors (Lipinski definition) is 1. The van der Waals surface area contributed by atoms with Gasteiger partial charge in [-0.1, -0.05) is 12.8 Å². The Morgan fingerprint density at radius 3 is 2.53 bits per heavy atom. The third kappa shape index (κ3) is 1.99. The first-order valence-corrected chi connectivity index (χ1v) is 6.87. The fourth-order valence-corrected chi connectivity index (χ4v) is 3.29. The van der Waals surface area contributed by atoms with Gasteiger partial charge in [0.1, 0.15) is 11.6 Å². The lowest BCUT2D eigenvalue weighted by Gasteiger charge is -2.38. The summed E-state index contributed by atoms with van der Waals surface area (Å²) in [6.45, 7) is 2.07. The van der Waals surface area contributed by atoms with E-state index in [1.807, 2.05) is 0 Å². The van der Waals surface area contributed by atoms with Gasteiger partial charge in [-0.25, -0.2) is 0 Å². The van der Waals surface area contributed by atoms with Gasteiger partial charge in [0.05, 0.1) is 0 Å². The van der Waals surface area contributed by atoms with E-state index in [0.717, 1.165) is 30.9 Å². The first-order chi connectivity index (χ1) is 8.18. The van der Waals surface area contributed by atoms with E-state index >= 15 is 0 Å². The first-order valence-electron chi connectivity index (χ1n) is 6.87. The van der Waals surface area contributed by atoms with Gasteiger partial charge in [0.25, 0.3) is 0 Å². The Morgan fingerprint density at radius 2 is 1.94 bits per heavy atom. The summed E-state index contributed by atoms with van der Waals surface area (Å²) in [7, 11) is 0. The summed E-state index contributed by atoms with van der Waals surface area (Å²) in [5, 5.41) is 8.62. The average molecular weight is 234 g/mol. The van der Waals surface area contributed by atoms with Crippen LogP contribution in [0.25, 0.3) is 0 Å². The van der Waals surface area contributed by atoms with Gasteiger partial charge in [-0.2, -0.15) is 0 Å². The van der Waals surface area contributed by atoms with Crippen molar-refractivity contribution in [3.05, 3.63) is 11.6 Å². The number of nitrogens with two attached hydrogens (primary N) is 1. The van der Waals surface area contributed by atoms with Crippen LogP contribution in [0.4, 0.5) is 0 Å². The van der Waals surface area contributed by atoms with Crippen LogP contribution in [-0.2, 0) is 6.42 Å². The van der Waals surface area contributed by atoms with Crippen molar-refractivity contribution in [1.82, 2.24) is 14.8 Å². The third-order valence-electron chi connectivity index (χ3n) is 4.49. The molecule has 1 aromatic rings. The quantitative estimate of drug-likeness (QED) is 0.871. The Bertz CT molecular complexity index is 400. The second kappa shape index (κ2) is 4.09. The Kier molecular flexibility index (Phi) is 2.69. The molecule has 0 radical (unpaired) electrons. The topological polar surface area (TPSA) is 56.7 Å². The highest BCUT2D eigenvalue weighted by Crippen LogP contribution is 2.35. The zero-order chi connectivity index (χ0) is 11.9. The van der Waals surface area contributed by atoms with Crippen molar-refractivity contribution < 1.29 is 0 Å². The van der Waals surface area contributed by atoms with E-state index in [1.54, 1.807) is 0 Å². The first kappa shape index (κ1) is 11.2. The minimum atomic E-state index is 0.00975. The van der Waals surface area contributed by atoms with Crippen LogP contribution in [-0.4, -0.2) is 20.3 Å². The van der Waals surface area contributed by atoms with Crippen LogP contribution >= 0.6 is 0 Å². The second-order valence-corrected chi connectivity index (χ2v) is 5.86. The Morgan fingerprint density at radius 1 is 1.24 bits per heavy atom. The molecule has 3 rings (SSSR count). The molecule has 2 fully saturated rings. The normalized spacial score (nSPS) is 23.9. The number of hydrogen-bond acceptors (Lipinski definition) is 3. The summed E-state index contributed by atoms with van der Waals surface area (Å²) in [5.41, 5.74) is 6.34. The summed E-state index contributed by atoms with van der Waals surface area (Å²) in [6, 6.07) is 0.628. The molecule has 17 heavy (non-hydrogen) atoms. The maximum Gasteiger partial charge on any atom is 0.135 e. The highest BCUT2D eigenvalue weighted by atomic mass is 15.3. The van der Waals surface area contributed by atoms with Gasteiger partial charge in [-0.05, 0) is 39.0 Å². The molecule has 0 saturated heterocycles. The summed E-state index contributed by atoms with van der Waals surface area (Å²) in [4.78, 5) is 0. The van der Waals surface area contributed by atoms with Gasteiger partial charge in [0.2, 0.25) is 0 Å². The van der Waals surface area contributed by atoms with Crippen molar-refractivity contribution in [3.63, 3.8) is 0 Å². The van der Waals surface area contributed by atoms with E-state index in [1.165, 1.54) is 32.1 Å². The maximum absolute atomic E-state index is 6.33. The van der Waals surface area contributed by atoms with Crippen molar-refractivity contribution in [3.8, 4) is 0 Å². The van der Waals surface area contributed by atoms with E-state index in [-0.39, 0.29) is 5.54 Å². The fourth-order valence-electron chi connectivity index (χ4n) is 3.29. The molecule has 2 aliphatic rings. The minimum Gasteiger partial charge on any atom is -0.325 e. The Hall–Kier alpha value is -0.900. The van der Waals surface area contributed by atoms with Gasteiger partial charge < -0.3 is 10.3 Å². The molecule has 0 amide bonds. The molecule has 0 spiro atoms. The summed E-state index contributed by atoms with van der Waals surface area (Å²) < 4.78 is 2.36. The van der Waals surface area contributed by atoms with Gasteiger partial charge >= 0.3 is 0 Å². The van der Waals surface area contributed by atoms with Crippen molar-refractivity contribution >= 4 is 0 Å². The molecule has 2 aliphatic carbocycles. The predicted molar refractivity (Wildman–Crippen MR) is 66.7 cm³/mol. The maximum atomic E-state index is 6.33. The van der Waals surface area contributed by atoms with Crippen molar-refractivity contribution in [2.24, 2.45) is 5.73 Å².